The summed E-state index contributed by atoms with van der Waals surface area (Å²) >= 11 is 0. The van der Waals surface area contributed by atoms with Gasteiger partial charge >= 0.3 is 0 Å². The van der Waals surface area contributed by atoms with Crippen molar-refractivity contribution in [3.8, 4) is 22.5 Å². The van der Waals surface area contributed by atoms with Crippen molar-refractivity contribution in [3.63, 3.8) is 0 Å². The number of halogens is 1. The van der Waals surface area contributed by atoms with Crippen LogP contribution in [0, 0.1) is 12.7 Å². The molecule has 29 heavy (non-hydrogen) atoms. The van der Waals surface area contributed by atoms with Gasteiger partial charge in [-0.2, -0.15) is 10.2 Å². The average molecular weight is 392 g/mol. The monoisotopic (exact) mass is 392 g/mol. The number of fused-ring (bicyclic) bond motifs is 1. The number of aryl methyl sites for hydroxylation is 2. The van der Waals surface area contributed by atoms with Gasteiger partial charge in [-0.05, 0) is 30.2 Å². The first-order valence-electron chi connectivity index (χ1n) is 9.55. The number of aromatic amines is 1. The second-order valence-electron chi connectivity index (χ2n) is 7.37. The first-order chi connectivity index (χ1) is 14.1. The Morgan fingerprint density at radius 3 is 2.86 bits per heavy atom. The number of nitrogens with zero attached hydrogens (tertiary/aromatic N) is 4. The molecule has 1 saturated heterocycles. The summed E-state index contributed by atoms with van der Waals surface area (Å²) in [5.74, 6) is -0.286. The van der Waals surface area contributed by atoms with Gasteiger partial charge in [0.15, 0.2) is 0 Å². The average Bonchev–Trinajstić information content (AvgIpc) is 3.33. The molecule has 3 aromatic heterocycles. The summed E-state index contributed by atoms with van der Waals surface area (Å²) in [7, 11) is 1.86. The number of aromatic nitrogens is 5. The molecule has 0 amide bonds. The van der Waals surface area contributed by atoms with E-state index in [2.05, 4.69) is 25.6 Å². The van der Waals surface area contributed by atoms with Crippen LogP contribution in [0.2, 0.25) is 0 Å². The minimum absolute atomic E-state index is 0.00694. The first-order valence-corrected chi connectivity index (χ1v) is 9.55. The maximum Gasteiger partial charge on any atom is 0.133 e. The first kappa shape index (κ1) is 18.0. The standard InChI is InChI=1S/C21H21FN6O/c1-12-5-13(19-11-29-4-3-23-19)6-16(22)20(12)17-7-15-18(9-24-17)26-27-21(15)14-8-25-28(2)10-14/h5-10,19,23H,3-4,11H2,1-2H3,(H,26,27). The third-order valence-electron chi connectivity index (χ3n) is 5.32. The number of benzene rings is 1. The van der Waals surface area contributed by atoms with Gasteiger partial charge in [0.2, 0.25) is 0 Å². The Bertz CT molecular complexity index is 1170. The van der Waals surface area contributed by atoms with Gasteiger partial charge in [-0.1, -0.05) is 6.07 Å². The number of rotatable bonds is 3. The summed E-state index contributed by atoms with van der Waals surface area (Å²) in [6, 6.07) is 5.48. The third-order valence-corrected chi connectivity index (χ3v) is 5.32. The summed E-state index contributed by atoms with van der Waals surface area (Å²) in [6.45, 7) is 3.91. The Kier molecular flexibility index (Phi) is 4.37. The number of hydrogen-bond acceptors (Lipinski definition) is 5. The lowest BCUT2D eigenvalue weighted by Gasteiger charge is -2.25. The molecule has 4 heterocycles. The van der Waals surface area contributed by atoms with Gasteiger partial charge in [0.05, 0.1) is 42.9 Å². The predicted molar refractivity (Wildman–Crippen MR) is 108 cm³/mol. The molecular weight excluding hydrogens is 371 g/mol. The smallest absolute Gasteiger partial charge is 0.133 e. The summed E-state index contributed by atoms with van der Waals surface area (Å²) in [5, 5.41) is 15.9. The quantitative estimate of drug-likeness (QED) is 0.560. The van der Waals surface area contributed by atoms with Gasteiger partial charge in [0, 0.05) is 36.3 Å². The van der Waals surface area contributed by atoms with Crippen LogP contribution in [0.4, 0.5) is 4.39 Å². The van der Waals surface area contributed by atoms with Crippen molar-refractivity contribution in [2.75, 3.05) is 19.8 Å². The zero-order chi connectivity index (χ0) is 20.0. The molecule has 2 N–H and O–H groups in total. The van der Waals surface area contributed by atoms with Crippen molar-refractivity contribution < 1.29 is 9.13 Å². The molecule has 1 aliphatic rings. The van der Waals surface area contributed by atoms with Crippen LogP contribution in [0.3, 0.4) is 0 Å². The van der Waals surface area contributed by atoms with Crippen LogP contribution in [0.5, 0.6) is 0 Å². The van der Waals surface area contributed by atoms with E-state index < -0.39 is 0 Å². The van der Waals surface area contributed by atoms with E-state index in [1.165, 1.54) is 0 Å². The van der Waals surface area contributed by atoms with Crippen molar-refractivity contribution in [2.24, 2.45) is 7.05 Å². The van der Waals surface area contributed by atoms with Crippen LogP contribution in [0.25, 0.3) is 33.4 Å². The molecule has 8 heteroatoms. The van der Waals surface area contributed by atoms with Crippen LogP contribution < -0.4 is 5.32 Å². The Morgan fingerprint density at radius 1 is 1.24 bits per heavy atom. The number of ether oxygens (including phenoxy) is 1. The molecule has 0 saturated carbocycles. The normalized spacial score (nSPS) is 17.1. The van der Waals surface area contributed by atoms with E-state index in [0.717, 1.165) is 39.8 Å². The molecule has 1 fully saturated rings. The van der Waals surface area contributed by atoms with Crippen LogP contribution in [0.15, 0.2) is 36.8 Å². The lowest BCUT2D eigenvalue weighted by Crippen LogP contribution is -2.34. The van der Waals surface area contributed by atoms with E-state index in [4.69, 9.17) is 4.74 Å². The largest absolute Gasteiger partial charge is 0.378 e. The Balaban J connectivity index is 1.58. The molecule has 7 nitrogen and oxygen atoms in total. The van der Waals surface area contributed by atoms with Crippen molar-refractivity contribution in [1.82, 2.24) is 30.3 Å². The van der Waals surface area contributed by atoms with Gasteiger partial charge in [-0.3, -0.25) is 14.8 Å². The molecular formula is C21H21FN6O. The summed E-state index contributed by atoms with van der Waals surface area (Å²) in [6.07, 6.45) is 5.35. The topological polar surface area (TPSA) is 80.6 Å². The highest BCUT2D eigenvalue weighted by Gasteiger charge is 2.20. The van der Waals surface area contributed by atoms with E-state index in [-0.39, 0.29) is 11.9 Å². The summed E-state index contributed by atoms with van der Waals surface area (Å²) in [4.78, 5) is 4.48. The van der Waals surface area contributed by atoms with E-state index >= 15 is 4.39 Å². The summed E-state index contributed by atoms with van der Waals surface area (Å²) < 4.78 is 22.4. The molecule has 0 radical (unpaired) electrons. The molecule has 1 unspecified atom stereocenters. The Hall–Kier alpha value is -3.10. The SMILES string of the molecule is Cc1cc(C2COCCN2)cc(F)c1-c1cc2c(-c3cnn(C)c3)n[nH]c2cn1. The fourth-order valence-electron chi connectivity index (χ4n) is 3.89. The van der Waals surface area contributed by atoms with E-state index in [1.54, 1.807) is 23.1 Å². The fourth-order valence-corrected chi connectivity index (χ4v) is 3.89. The van der Waals surface area contributed by atoms with Gasteiger partial charge < -0.3 is 10.1 Å². The Morgan fingerprint density at radius 2 is 2.14 bits per heavy atom. The van der Waals surface area contributed by atoms with Crippen molar-refractivity contribution in [3.05, 3.63) is 53.7 Å². The highest BCUT2D eigenvalue weighted by Crippen LogP contribution is 2.33. The molecule has 0 aliphatic carbocycles. The second kappa shape index (κ2) is 7.06. The van der Waals surface area contributed by atoms with E-state index in [1.807, 2.05) is 32.3 Å². The third kappa shape index (κ3) is 3.20. The minimum atomic E-state index is -0.286. The molecule has 4 aromatic rings. The van der Waals surface area contributed by atoms with Gasteiger partial charge in [0.25, 0.3) is 0 Å². The second-order valence-corrected chi connectivity index (χ2v) is 7.37. The minimum Gasteiger partial charge on any atom is -0.378 e. The molecule has 0 bridgehead atoms. The number of pyridine rings is 1. The molecule has 5 rings (SSSR count). The maximum atomic E-state index is 15.2. The van der Waals surface area contributed by atoms with E-state index in [9.17, 15) is 0 Å². The molecule has 148 valence electrons. The zero-order valence-corrected chi connectivity index (χ0v) is 16.2. The fraction of sp³-hybridized carbons (Fsp3) is 0.286. The number of nitrogens with one attached hydrogen (secondary N) is 2. The molecule has 1 atom stereocenters. The van der Waals surface area contributed by atoms with Gasteiger partial charge in [0.1, 0.15) is 11.5 Å². The van der Waals surface area contributed by atoms with Crippen LogP contribution in [-0.4, -0.2) is 44.7 Å². The van der Waals surface area contributed by atoms with Crippen molar-refractivity contribution in [1.29, 1.82) is 0 Å². The number of morpholine rings is 1. The van der Waals surface area contributed by atoms with Crippen LogP contribution in [0.1, 0.15) is 17.2 Å². The maximum absolute atomic E-state index is 15.2. The number of hydrogen-bond donors (Lipinski definition) is 2. The lowest BCUT2D eigenvalue weighted by molar-refractivity contribution is 0.0768. The number of H-pyrrole nitrogens is 1. The molecule has 1 aliphatic heterocycles. The summed E-state index contributed by atoms with van der Waals surface area (Å²) in [5.41, 5.74) is 5.28. The highest BCUT2D eigenvalue weighted by molar-refractivity contribution is 5.94. The van der Waals surface area contributed by atoms with Crippen molar-refractivity contribution >= 4 is 10.9 Å². The van der Waals surface area contributed by atoms with Crippen LogP contribution >= 0.6 is 0 Å². The van der Waals surface area contributed by atoms with Crippen LogP contribution in [-0.2, 0) is 11.8 Å². The molecule has 1 aromatic carbocycles. The van der Waals surface area contributed by atoms with Gasteiger partial charge in [-0.15, -0.1) is 0 Å². The van der Waals surface area contributed by atoms with Crippen molar-refractivity contribution in [2.45, 2.75) is 13.0 Å². The zero-order valence-electron chi connectivity index (χ0n) is 16.2. The predicted octanol–water partition coefficient (Wildman–Crippen LogP) is 3.13. The lowest BCUT2D eigenvalue weighted by atomic mass is 9.97. The Labute approximate surface area is 166 Å². The van der Waals surface area contributed by atoms with Gasteiger partial charge in [-0.25, -0.2) is 4.39 Å². The highest BCUT2D eigenvalue weighted by atomic mass is 19.1. The van der Waals surface area contributed by atoms with E-state index in [0.29, 0.717) is 24.5 Å². The molecule has 0 spiro atoms.